The molecule has 4 heteroatoms. The number of aryl methyl sites for hydroxylation is 1. The van der Waals surface area contributed by atoms with Gasteiger partial charge in [0.2, 0.25) is 0 Å². The van der Waals surface area contributed by atoms with Crippen molar-refractivity contribution >= 4 is 11.8 Å². The molecule has 1 aromatic rings. The van der Waals surface area contributed by atoms with Gasteiger partial charge in [0.25, 0.3) is 0 Å². The van der Waals surface area contributed by atoms with E-state index in [9.17, 15) is 0 Å². The van der Waals surface area contributed by atoms with Crippen LogP contribution in [0.5, 0.6) is 0 Å². The summed E-state index contributed by atoms with van der Waals surface area (Å²) in [5.74, 6) is 1.24. The van der Waals surface area contributed by atoms with E-state index in [1.807, 2.05) is 19.3 Å². The van der Waals surface area contributed by atoms with Crippen molar-refractivity contribution in [2.24, 2.45) is 0 Å². The van der Waals surface area contributed by atoms with Crippen LogP contribution in [0.25, 0.3) is 0 Å². The molecule has 0 N–H and O–H groups in total. The zero-order valence-electron chi connectivity index (χ0n) is 11.6. The zero-order chi connectivity index (χ0) is 13.0. The summed E-state index contributed by atoms with van der Waals surface area (Å²) < 4.78 is 0. The van der Waals surface area contributed by atoms with E-state index in [1.54, 1.807) is 0 Å². The van der Waals surface area contributed by atoms with Crippen molar-refractivity contribution in [1.29, 1.82) is 0 Å². The SMILES string of the molecule is CCS[C@H]1CC[C@@H](N(C)Cc2cnc(C)cn2)C1. The molecule has 0 aromatic carbocycles. The summed E-state index contributed by atoms with van der Waals surface area (Å²) in [4.78, 5) is 11.2. The van der Waals surface area contributed by atoms with Crippen LogP contribution >= 0.6 is 11.8 Å². The summed E-state index contributed by atoms with van der Waals surface area (Å²) >= 11 is 2.11. The largest absolute Gasteiger partial charge is 0.297 e. The molecule has 1 aliphatic rings. The fraction of sp³-hybridized carbons (Fsp3) is 0.714. The van der Waals surface area contributed by atoms with Crippen molar-refractivity contribution in [3.63, 3.8) is 0 Å². The first-order valence-corrected chi connectivity index (χ1v) is 7.83. The maximum Gasteiger partial charge on any atom is 0.0727 e. The van der Waals surface area contributed by atoms with Gasteiger partial charge >= 0.3 is 0 Å². The smallest absolute Gasteiger partial charge is 0.0727 e. The average Bonchev–Trinajstić information content (AvgIpc) is 2.81. The molecule has 2 rings (SSSR count). The Hall–Kier alpha value is -0.610. The van der Waals surface area contributed by atoms with Crippen LogP contribution in [0.4, 0.5) is 0 Å². The Kier molecular flexibility index (Phi) is 5.01. The molecule has 0 bridgehead atoms. The monoisotopic (exact) mass is 265 g/mol. The number of aromatic nitrogens is 2. The number of hydrogen-bond acceptors (Lipinski definition) is 4. The second kappa shape index (κ2) is 6.53. The lowest BCUT2D eigenvalue weighted by atomic mass is 10.2. The van der Waals surface area contributed by atoms with Gasteiger partial charge in [-0.1, -0.05) is 6.92 Å². The highest BCUT2D eigenvalue weighted by atomic mass is 32.2. The normalized spacial score (nSPS) is 23.8. The Morgan fingerprint density at radius 2 is 2.17 bits per heavy atom. The molecule has 3 nitrogen and oxygen atoms in total. The molecular formula is C14H23N3S. The van der Waals surface area contributed by atoms with Gasteiger partial charge in [-0.3, -0.25) is 14.9 Å². The highest BCUT2D eigenvalue weighted by molar-refractivity contribution is 7.99. The van der Waals surface area contributed by atoms with Gasteiger partial charge in [-0.2, -0.15) is 11.8 Å². The third kappa shape index (κ3) is 3.69. The van der Waals surface area contributed by atoms with Crippen molar-refractivity contribution in [2.45, 2.75) is 50.9 Å². The van der Waals surface area contributed by atoms with E-state index in [0.717, 1.165) is 29.2 Å². The van der Waals surface area contributed by atoms with Crippen LogP contribution in [0, 0.1) is 6.92 Å². The van der Waals surface area contributed by atoms with Gasteiger partial charge in [0.05, 0.1) is 11.4 Å². The Morgan fingerprint density at radius 3 is 2.83 bits per heavy atom. The molecule has 0 amide bonds. The molecule has 18 heavy (non-hydrogen) atoms. The molecule has 2 atom stereocenters. The first-order chi connectivity index (χ1) is 8.69. The van der Waals surface area contributed by atoms with Gasteiger partial charge in [0.1, 0.15) is 0 Å². The van der Waals surface area contributed by atoms with Gasteiger partial charge < -0.3 is 0 Å². The second-order valence-corrected chi connectivity index (χ2v) is 6.69. The van der Waals surface area contributed by atoms with Gasteiger partial charge in [0, 0.05) is 30.2 Å². The van der Waals surface area contributed by atoms with Crippen LogP contribution in [-0.4, -0.2) is 39.0 Å². The summed E-state index contributed by atoms with van der Waals surface area (Å²) in [5.41, 5.74) is 2.07. The standard InChI is InChI=1S/C14H23N3S/c1-4-18-14-6-5-13(7-14)17(3)10-12-9-15-11(2)8-16-12/h8-9,13-14H,4-7,10H2,1-3H3/t13-,14+/m1/s1. The van der Waals surface area contributed by atoms with E-state index in [1.165, 1.54) is 25.0 Å². The Morgan fingerprint density at radius 1 is 1.33 bits per heavy atom. The van der Waals surface area contributed by atoms with Gasteiger partial charge in [-0.05, 0) is 39.0 Å². The van der Waals surface area contributed by atoms with Crippen molar-refractivity contribution in [1.82, 2.24) is 14.9 Å². The lowest BCUT2D eigenvalue weighted by molar-refractivity contribution is 0.235. The molecule has 1 aliphatic carbocycles. The lowest BCUT2D eigenvalue weighted by Crippen LogP contribution is -2.29. The minimum absolute atomic E-state index is 0.720. The number of rotatable bonds is 5. The maximum atomic E-state index is 4.44. The molecule has 0 spiro atoms. The molecule has 1 saturated carbocycles. The second-order valence-electron chi connectivity index (χ2n) is 5.11. The molecule has 0 saturated heterocycles. The molecule has 0 unspecified atom stereocenters. The minimum Gasteiger partial charge on any atom is -0.297 e. The van der Waals surface area contributed by atoms with Crippen molar-refractivity contribution in [3.05, 3.63) is 23.8 Å². The van der Waals surface area contributed by atoms with E-state index < -0.39 is 0 Å². The Bertz CT molecular complexity index is 366. The third-order valence-electron chi connectivity index (χ3n) is 3.63. The topological polar surface area (TPSA) is 29.0 Å². The first-order valence-electron chi connectivity index (χ1n) is 6.78. The van der Waals surface area contributed by atoms with Gasteiger partial charge in [-0.25, -0.2) is 0 Å². The summed E-state index contributed by atoms with van der Waals surface area (Å²) in [6, 6.07) is 0.720. The van der Waals surface area contributed by atoms with Crippen LogP contribution in [0.3, 0.4) is 0 Å². The van der Waals surface area contributed by atoms with Crippen molar-refractivity contribution in [2.75, 3.05) is 12.8 Å². The van der Waals surface area contributed by atoms with Crippen LogP contribution in [0.2, 0.25) is 0 Å². The quantitative estimate of drug-likeness (QED) is 0.818. The molecule has 0 radical (unpaired) electrons. The molecule has 1 fully saturated rings. The summed E-state index contributed by atoms with van der Waals surface area (Å²) in [7, 11) is 2.21. The van der Waals surface area contributed by atoms with Crippen LogP contribution in [-0.2, 0) is 6.54 Å². The predicted molar refractivity (Wildman–Crippen MR) is 77.8 cm³/mol. The number of nitrogens with zero attached hydrogens (tertiary/aromatic N) is 3. The van der Waals surface area contributed by atoms with E-state index >= 15 is 0 Å². The molecular weight excluding hydrogens is 242 g/mol. The van der Waals surface area contributed by atoms with Crippen LogP contribution < -0.4 is 0 Å². The predicted octanol–water partition coefficient (Wildman–Crippen LogP) is 2.89. The minimum atomic E-state index is 0.720. The maximum absolute atomic E-state index is 4.44. The summed E-state index contributed by atoms with van der Waals surface area (Å²) in [6.07, 6.45) is 7.78. The summed E-state index contributed by atoms with van der Waals surface area (Å²) in [5, 5.41) is 0.867. The van der Waals surface area contributed by atoms with E-state index in [4.69, 9.17) is 0 Å². The molecule has 0 aliphatic heterocycles. The van der Waals surface area contributed by atoms with Crippen molar-refractivity contribution < 1.29 is 0 Å². The number of hydrogen-bond donors (Lipinski definition) is 0. The summed E-state index contributed by atoms with van der Waals surface area (Å²) in [6.45, 7) is 5.15. The van der Waals surface area contributed by atoms with Crippen LogP contribution in [0.15, 0.2) is 12.4 Å². The zero-order valence-corrected chi connectivity index (χ0v) is 12.4. The highest BCUT2D eigenvalue weighted by Gasteiger charge is 2.27. The molecule has 1 aromatic heterocycles. The fourth-order valence-electron chi connectivity index (χ4n) is 2.59. The van der Waals surface area contributed by atoms with Crippen LogP contribution in [0.1, 0.15) is 37.6 Å². The average molecular weight is 265 g/mol. The van der Waals surface area contributed by atoms with E-state index in [2.05, 4.69) is 40.6 Å². The number of thioether (sulfide) groups is 1. The van der Waals surface area contributed by atoms with Gasteiger partial charge in [0.15, 0.2) is 0 Å². The van der Waals surface area contributed by atoms with Gasteiger partial charge in [-0.15, -0.1) is 0 Å². The molecule has 100 valence electrons. The van der Waals surface area contributed by atoms with E-state index in [-0.39, 0.29) is 0 Å². The third-order valence-corrected chi connectivity index (χ3v) is 4.86. The van der Waals surface area contributed by atoms with Crippen molar-refractivity contribution in [3.8, 4) is 0 Å². The lowest BCUT2D eigenvalue weighted by Gasteiger charge is -2.23. The molecule has 1 heterocycles. The Balaban J connectivity index is 1.85. The van der Waals surface area contributed by atoms with E-state index in [0.29, 0.717) is 0 Å². The first kappa shape index (κ1) is 13.8. The highest BCUT2D eigenvalue weighted by Crippen LogP contribution is 2.32. The fourth-order valence-corrected chi connectivity index (χ4v) is 3.72. The Labute approximate surface area is 114 Å².